The molecule has 1 saturated carbocycles. The van der Waals surface area contributed by atoms with E-state index in [-0.39, 0.29) is 0 Å². The van der Waals surface area contributed by atoms with E-state index in [0.717, 1.165) is 12.3 Å². The van der Waals surface area contributed by atoms with Crippen molar-refractivity contribution in [2.75, 3.05) is 0 Å². The van der Waals surface area contributed by atoms with E-state index in [2.05, 4.69) is 37.5 Å². The van der Waals surface area contributed by atoms with Crippen molar-refractivity contribution < 1.29 is 0 Å². The number of rotatable bonds is 5. The van der Waals surface area contributed by atoms with E-state index in [1.54, 1.807) is 0 Å². The van der Waals surface area contributed by atoms with Crippen molar-refractivity contribution in [1.82, 2.24) is 5.43 Å². The molecule has 0 aromatic heterocycles. The highest BCUT2D eigenvalue weighted by molar-refractivity contribution is 5.31. The molecule has 0 heterocycles. The molecule has 2 rings (SSSR count). The maximum atomic E-state index is 5.65. The first-order valence-electron chi connectivity index (χ1n) is 6.24. The quantitative estimate of drug-likeness (QED) is 0.589. The van der Waals surface area contributed by atoms with E-state index in [4.69, 9.17) is 5.84 Å². The number of aryl methyl sites for hydroxylation is 2. The second-order valence-corrected chi connectivity index (χ2v) is 5.08. The van der Waals surface area contributed by atoms with E-state index < -0.39 is 0 Å². The fraction of sp³-hybridized carbons (Fsp3) is 0.571. The number of hydrogen-bond acceptors (Lipinski definition) is 2. The smallest absolute Gasteiger partial charge is 0.0460 e. The van der Waals surface area contributed by atoms with Crippen molar-refractivity contribution in [2.24, 2.45) is 11.8 Å². The summed E-state index contributed by atoms with van der Waals surface area (Å²) in [7, 11) is 0. The molecular formula is C14H22N2. The Bertz CT molecular complexity index is 356. The first-order chi connectivity index (χ1) is 7.70. The number of nitrogens with one attached hydrogen (secondary N) is 1. The average Bonchev–Trinajstić information content (AvgIpc) is 3.08. The Balaban J connectivity index is 2.02. The van der Waals surface area contributed by atoms with Crippen LogP contribution in [0.1, 0.15) is 48.4 Å². The zero-order chi connectivity index (χ0) is 11.5. The summed E-state index contributed by atoms with van der Waals surface area (Å²) in [4.78, 5) is 0. The molecular weight excluding hydrogens is 196 g/mol. The standard InChI is InChI=1S/C14H22N2/c1-10-3-7-13(9-11(10)2)14(16-15)8-6-12-4-5-12/h3,7,9,12,14,16H,4-6,8,15H2,1-2H3. The molecule has 1 aliphatic carbocycles. The SMILES string of the molecule is Cc1ccc(C(CCC2CC2)NN)cc1C. The number of benzene rings is 1. The molecule has 0 bridgehead atoms. The van der Waals surface area contributed by atoms with Gasteiger partial charge in [-0.25, -0.2) is 0 Å². The van der Waals surface area contributed by atoms with E-state index in [9.17, 15) is 0 Å². The third kappa shape index (κ3) is 2.83. The van der Waals surface area contributed by atoms with Gasteiger partial charge in [0.1, 0.15) is 0 Å². The molecule has 0 saturated heterocycles. The minimum atomic E-state index is 0.319. The molecule has 88 valence electrons. The Kier molecular flexibility index (Phi) is 3.62. The second-order valence-electron chi connectivity index (χ2n) is 5.08. The zero-order valence-electron chi connectivity index (χ0n) is 10.3. The van der Waals surface area contributed by atoms with E-state index in [1.807, 2.05) is 0 Å². The highest BCUT2D eigenvalue weighted by Crippen LogP contribution is 2.35. The Morgan fingerprint density at radius 3 is 2.62 bits per heavy atom. The normalized spacial score (nSPS) is 17.4. The van der Waals surface area contributed by atoms with Gasteiger partial charge in [-0.3, -0.25) is 11.3 Å². The lowest BCUT2D eigenvalue weighted by Gasteiger charge is -2.17. The van der Waals surface area contributed by atoms with Crippen molar-refractivity contribution in [3.63, 3.8) is 0 Å². The Hall–Kier alpha value is -0.860. The monoisotopic (exact) mass is 218 g/mol. The molecule has 3 N–H and O–H groups in total. The number of hydrazine groups is 1. The Morgan fingerprint density at radius 1 is 1.31 bits per heavy atom. The summed E-state index contributed by atoms with van der Waals surface area (Å²) in [6, 6.07) is 6.96. The van der Waals surface area contributed by atoms with Gasteiger partial charge in [-0.1, -0.05) is 31.0 Å². The van der Waals surface area contributed by atoms with E-state index >= 15 is 0 Å². The lowest BCUT2D eigenvalue weighted by atomic mass is 9.97. The fourth-order valence-corrected chi connectivity index (χ4v) is 2.14. The predicted octanol–water partition coefficient (Wildman–Crippen LogP) is 3.00. The van der Waals surface area contributed by atoms with Gasteiger partial charge in [0.15, 0.2) is 0 Å². The van der Waals surface area contributed by atoms with Gasteiger partial charge in [-0.2, -0.15) is 0 Å². The van der Waals surface area contributed by atoms with Crippen LogP contribution in [-0.4, -0.2) is 0 Å². The topological polar surface area (TPSA) is 38.0 Å². The fourth-order valence-electron chi connectivity index (χ4n) is 2.14. The van der Waals surface area contributed by atoms with Gasteiger partial charge in [-0.05, 0) is 49.3 Å². The molecule has 16 heavy (non-hydrogen) atoms. The van der Waals surface area contributed by atoms with Crippen LogP contribution >= 0.6 is 0 Å². The van der Waals surface area contributed by atoms with Crippen LogP contribution in [0.2, 0.25) is 0 Å². The van der Waals surface area contributed by atoms with Crippen LogP contribution in [0.5, 0.6) is 0 Å². The summed E-state index contributed by atoms with van der Waals surface area (Å²) in [5.41, 5.74) is 6.97. The lowest BCUT2D eigenvalue weighted by Crippen LogP contribution is -2.28. The minimum absolute atomic E-state index is 0.319. The first kappa shape index (κ1) is 11.6. The van der Waals surface area contributed by atoms with Gasteiger partial charge in [0.25, 0.3) is 0 Å². The number of hydrogen-bond donors (Lipinski definition) is 2. The van der Waals surface area contributed by atoms with Crippen LogP contribution in [0.4, 0.5) is 0 Å². The molecule has 1 aromatic carbocycles. The van der Waals surface area contributed by atoms with Crippen LogP contribution in [0.25, 0.3) is 0 Å². The maximum Gasteiger partial charge on any atom is 0.0460 e. The summed E-state index contributed by atoms with van der Waals surface area (Å²) < 4.78 is 0. The van der Waals surface area contributed by atoms with E-state index in [1.165, 1.54) is 36.0 Å². The Morgan fingerprint density at radius 2 is 2.06 bits per heavy atom. The zero-order valence-corrected chi connectivity index (χ0v) is 10.3. The maximum absolute atomic E-state index is 5.65. The predicted molar refractivity (Wildman–Crippen MR) is 67.9 cm³/mol. The van der Waals surface area contributed by atoms with E-state index in [0.29, 0.717) is 6.04 Å². The Labute approximate surface area is 98.2 Å². The molecule has 0 radical (unpaired) electrons. The van der Waals surface area contributed by atoms with Crippen molar-refractivity contribution in [3.8, 4) is 0 Å². The molecule has 1 fully saturated rings. The summed E-state index contributed by atoms with van der Waals surface area (Å²) in [5.74, 6) is 6.62. The van der Waals surface area contributed by atoms with Gasteiger partial charge in [0.2, 0.25) is 0 Å². The third-order valence-corrected chi connectivity index (χ3v) is 3.70. The highest BCUT2D eigenvalue weighted by Gasteiger charge is 2.22. The summed E-state index contributed by atoms with van der Waals surface area (Å²) in [5, 5.41) is 0. The molecule has 1 aliphatic rings. The largest absolute Gasteiger partial charge is 0.271 e. The van der Waals surface area contributed by atoms with Crippen molar-refractivity contribution in [2.45, 2.75) is 45.6 Å². The third-order valence-electron chi connectivity index (χ3n) is 3.70. The van der Waals surface area contributed by atoms with Crippen molar-refractivity contribution in [3.05, 3.63) is 34.9 Å². The molecule has 2 heteroatoms. The molecule has 1 atom stereocenters. The van der Waals surface area contributed by atoms with Gasteiger partial charge < -0.3 is 0 Å². The molecule has 0 amide bonds. The van der Waals surface area contributed by atoms with Crippen LogP contribution in [0.3, 0.4) is 0 Å². The first-order valence-corrected chi connectivity index (χ1v) is 6.24. The lowest BCUT2D eigenvalue weighted by molar-refractivity contribution is 0.481. The van der Waals surface area contributed by atoms with Crippen molar-refractivity contribution in [1.29, 1.82) is 0 Å². The summed E-state index contributed by atoms with van der Waals surface area (Å²) in [6.07, 6.45) is 5.31. The average molecular weight is 218 g/mol. The molecule has 2 nitrogen and oxygen atoms in total. The van der Waals surface area contributed by atoms with Crippen LogP contribution in [0, 0.1) is 19.8 Å². The van der Waals surface area contributed by atoms with Crippen molar-refractivity contribution >= 4 is 0 Å². The van der Waals surface area contributed by atoms with Crippen LogP contribution in [-0.2, 0) is 0 Å². The summed E-state index contributed by atoms with van der Waals surface area (Å²) >= 11 is 0. The van der Waals surface area contributed by atoms with Gasteiger partial charge in [0.05, 0.1) is 0 Å². The minimum Gasteiger partial charge on any atom is -0.271 e. The number of nitrogens with two attached hydrogens (primary N) is 1. The molecule has 1 unspecified atom stereocenters. The molecule has 0 spiro atoms. The molecule has 0 aliphatic heterocycles. The second kappa shape index (κ2) is 4.98. The highest BCUT2D eigenvalue weighted by atomic mass is 15.2. The van der Waals surface area contributed by atoms with Crippen LogP contribution < -0.4 is 11.3 Å². The van der Waals surface area contributed by atoms with Crippen LogP contribution in [0.15, 0.2) is 18.2 Å². The van der Waals surface area contributed by atoms with Gasteiger partial charge in [-0.15, -0.1) is 0 Å². The summed E-state index contributed by atoms with van der Waals surface area (Å²) in [6.45, 7) is 4.31. The van der Waals surface area contributed by atoms with Gasteiger partial charge in [0, 0.05) is 6.04 Å². The molecule has 1 aromatic rings. The van der Waals surface area contributed by atoms with Gasteiger partial charge >= 0.3 is 0 Å².